The van der Waals surface area contributed by atoms with Gasteiger partial charge in [0.1, 0.15) is 28.7 Å². The molecule has 2 heterocycles. The summed E-state index contributed by atoms with van der Waals surface area (Å²) in [6.45, 7) is 2.67. The van der Waals surface area contributed by atoms with Crippen LogP contribution in [-0.4, -0.2) is 39.5 Å². The number of methoxy groups -OCH3 is 1. The molecule has 4 aromatic rings. The third kappa shape index (κ3) is 5.92. The number of anilines is 1. The molecule has 0 aliphatic rings. The van der Waals surface area contributed by atoms with Gasteiger partial charge in [0.2, 0.25) is 5.91 Å². The van der Waals surface area contributed by atoms with Crippen molar-refractivity contribution >= 4 is 40.0 Å². The number of halogens is 1. The van der Waals surface area contributed by atoms with E-state index in [0.717, 1.165) is 5.56 Å². The molecule has 2 aromatic carbocycles. The van der Waals surface area contributed by atoms with Crippen molar-refractivity contribution in [1.29, 1.82) is 0 Å². The molecule has 0 aliphatic carbocycles. The number of thioether (sulfide) groups is 1. The molecular formula is C25H23FN4O4S2. The number of nitrogens with zero attached hydrogens (tertiary/aromatic N) is 3. The molecule has 0 saturated heterocycles. The molecule has 0 aliphatic heterocycles. The summed E-state index contributed by atoms with van der Waals surface area (Å²) in [7, 11) is 1.31. The normalized spacial score (nSPS) is 10.8. The number of nitrogens with one attached hydrogen (secondary N) is 1. The molecule has 1 N–H and O–H groups in total. The van der Waals surface area contributed by atoms with Crippen molar-refractivity contribution in [1.82, 2.24) is 14.8 Å². The number of benzene rings is 2. The van der Waals surface area contributed by atoms with Crippen LogP contribution >= 0.6 is 23.1 Å². The molecule has 1 amide bonds. The fourth-order valence-corrected chi connectivity index (χ4v) is 5.20. The SMILES string of the molecule is CCn1c(COc2ccc(F)cc2)nnc1SCC(=O)Nc1scc(-c2ccccc2)c1C(=O)OC. The molecule has 0 saturated carbocycles. The fourth-order valence-electron chi connectivity index (χ4n) is 3.41. The van der Waals surface area contributed by atoms with Gasteiger partial charge in [0.25, 0.3) is 0 Å². The number of rotatable bonds is 10. The minimum absolute atomic E-state index is 0.0656. The summed E-state index contributed by atoms with van der Waals surface area (Å²) >= 11 is 2.49. The Hall–Kier alpha value is -3.70. The molecule has 8 nitrogen and oxygen atoms in total. The van der Waals surface area contributed by atoms with E-state index in [2.05, 4.69) is 15.5 Å². The zero-order valence-electron chi connectivity index (χ0n) is 19.6. The molecule has 11 heteroatoms. The Kier molecular flexibility index (Phi) is 8.34. The van der Waals surface area contributed by atoms with E-state index in [4.69, 9.17) is 9.47 Å². The number of carbonyl (C=O) groups excluding carboxylic acids is 2. The maximum Gasteiger partial charge on any atom is 0.341 e. The van der Waals surface area contributed by atoms with E-state index in [1.54, 1.807) is 12.1 Å². The van der Waals surface area contributed by atoms with Crippen molar-refractivity contribution in [2.45, 2.75) is 25.2 Å². The van der Waals surface area contributed by atoms with Gasteiger partial charge in [-0.15, -0.1) is 21.5 Å². The van der Waals surface area contributed by atoms with Crippen LogP contribution in [0, 0.1) is 5.82 Å². The minimum atomic E-state index is -0.519. The van der Waals surface area contributed by atoms with E-state index in [-0.39, 0.29) is 24.1 Å². The Bertz CT molecular complexity index is 1340. The number of aromatic nitrogens is 3. The number of thiophene rings is 1. The average Bonchev–Trinajstić information content (AvgIpc) is 3.50. The highest BCUT2D eigenvalue weighted by Crippen LogP contribution is 2.36. The quantitative estimate of drug-likeness (QED) is 0.222. The summed E-state index contributed by atoms with van der Waals surface area (Å²) in [5.41, 5.74) is 1.88. The molecule has 0 unspecified atom stereocenters. The third-order valence-corrected chi connectivity index (χ3v) is 7.00. The second-order valence-electron chi connectivity index (χ2n) is 7.43. The van der Waals surface area contributed by atoms with Gasteiger partial charge in [0, 0.05) is 17.5 Å². The first-order valence-corrected chi connectivity index (χ1v) is 12.8. The molecule has 0 fully saturated rings. The van der Waals surface area contributed by atoms with Crippen LogP contribution in [0.15, 0.2) is 65.1 Å². The zero-order valence-corrected chi connectivity index (χ0v) is 21.2. The first-order chi connectivity index (χ1) is 17.5. The number of hydrogen-bond acceptors (Lipinski definition) is 8. The summed E-state index contributed by atoms with van der Waals surface area (Å²) in [5, 5.41) is 14.0. The average molecular weight is 527 g/mol. The van der Waals surface area contributed by atoms with Gasteiger partial charge in [-0.1, -0.05) is 42.1 Å². The van der Waals surface area contributed by atoms with Crippen LogP contribution in [0.5, 0.6) is 5.75 Å². The summed E-state index contributed by atoms with van der Waals surface area (Å²) in [5.74, 6) is 0.0201. The maximum absolute atomic E-state index is 13.1. The minimum Gasteiger partial charge on any atom is -0.486 e. The van der Waals surface area contributed by atoms with Crippen LogP contribution < -0.4 is 10.1 Å². The second-order valence-corrected chi connectivity index (χ2v) is 9.26. The Morgan fingerprint density at radius 1 is 1.11 bits per heavy atom. The summed E-state index contributed by atoms with van der Waals surface area (Å²) in [6, 6.07) is 15.2. The largest absolute Gasteiger partial charge is 0.486 e. The lowest BCUT2D eigenvalue weighted by Crippen LogP contribution is -2.16. The second kappa shape index (κ2) is 11.8. The monoisotopic (exact) mass is 526 g/mol. The topological polar surface area (TPSA) is 95.3 Å². The zero-order chi connectivity index (χ0) is 25.5. The molecule has 36 heavy (non-hydrogen) atoms. The van der Waals surface area contributed by atoms with Crippen LogP contribution in [0.25, 0.3) is 11.1 Å². The highest BCUT2D eigenvalue weighted by Gasteiger charge is 2.22. The molecule has 186 valence electrons. The van der Waals surface area contributed by atoms with Crippen LogP contribution in [0.3, 0.4) is 0 Å². The van der Waals surface area contributed by atoms with E-state index in [1.165, 1.54) is 42.3 Å². The summed E-state index contributed by atoms with van der Waals surface area (Å²) in [6.07, 6.45) is 0. The fraction of sp³-hybridized carbons (Fsp3) is 0.200. The number of carbonyl (C=O) groups is 2. The van der Waals surface area contributed by atoms with Crippen molar-refractivity contribution in [2.24, 2.45) is 0 Å². The third-order valence-electron chi connectivity index (χ3n) is 5.14. The van der Waals surface area contributed by atoms with Crippen molar-refractivity contribution in [3.8, 4) is 16.9 Å². The summed E-state index contributed by atoms with van der Waals surface area (Å²) in [4.78, 5) is 25.2. The van der Waals surface area contributed by atoms with Gasteiger partial charge < -0.3 is 19.4 Å². The van der Waals surface area contributed by atoms with Crippen LogP contribution in [0.4, 0.5) is 9.39 Å². The molecule has 0 bridgehead atoms. The van der Waals surface area contributed by atoms with Gasteiger partial charge in [0.15, 0.2) is 11.0 Å². The van der Waals surface area contributed by atoms with Crippen molar-refractivity contribution in [2.75, 3.05) is 18.2 Å². The Labute approximate surface area is 215 Å². The number of amides is 1. The van der Waals surface area contributed by atoms with Crippen LogP contribution in [0.2, 0.25) is 0 Å². The van der Waals surface area contributed by atoms with Gasteiger partial charge in [0.05, 0.1) is 12.9 Å². The maximum atomic E-state index is 13.1. The highest BCUT2D eigenvalue weighted by molar-refractivity contribution is 7.99. The van der Waals surface area contributed by atoms with Gasteiger partial charge >= 0.3 is 5.97 Å². The first kappa shape index (κ1) is 25.4. The first-order valence-electron chi connectivity index (χ1n) is 11.0. The lowest BCUT2D eigenvalue weighted by molar-refractivity contribution is -0.113. The van der Waals surface area contributed by atoms with Crippen LogP contribution in [0.1, 0.15) is 23.1 Å². The van der Waals surface area contributed by atoms with E-state index in [1.807, 2.05) is 47.2 Å². The van der Waals surface area contributed by atoms with Crippen molar-refractivity contribution in [3.63, 3.8) is 0 Å². The van der Waals surface area contributed by atoms with E-state index >= 15 is 0 Å². The predicted molar refractivity (Wildman–Crippen MR) is 137 cm³/mol. The van der Waals surface area contributed by atoms with Gasteiger partial charge in [-0.05, 0) is 36.8 Å². The molecule has 2 aromatic heterocycles. The predicted octanol–water partition coefficient (Wildman–Crippen LogP) is 5.26. The molecule has 4 rings (SSSR count). The van der Waals surface area contributed by atoms with Crippen molar-refractivity contribution in [3.05, 3.63) is 77.2 Å². The number of esters is 1. The van der Waals surface area contributed by atoms with E-state index in [0.29, 0.717) is 39.4 Å². The highest BCUT2D eigenvalue weighted by atomic mass is 32.2. The Morgan fingerprint density at radius 2 is 1.86 bits per heavy atom. The van der Waals surface area contributed by atoms with Gasteiger partial charge in [-0.2, -0.15) is 0 Å². The lowest BCUT2D eigenvalue weighted by Gasteiger charge is -2.09. The molecule has 0 radical (unpaired) electrons. The van der Waals surface area contributed by atoms with E-state index in [9.17, 15) is 14.0 Å². The lowest BCUT2D eigenvalue weighted by atomic mass is 10.0. The van der Waals surface area contributed by atoms with Crippen LogP contribution in [-0.2, 0) is 22.7 Å². The van der Waals surface area contributed by atoms with Crippen molar-refractivity contribution < 1.29 is 23.5 Å². The summed E-state index contributed by atoms with van der Waals surface area (Å²) < 4.78 is 25.6. The molecule has 0 spiro atoms. The van der Waals surface area contributed by atoms with Gasteiger partial charge in [-0.25, -0.2) is 9.18 Å². The van der Waals surface area contributed by atoms with E-state index < -0.39 is 5.97 Å². The van der Waals surface area contributed by atoms with Gasteiger partial charge in [-0.3, -0.25) is 4.79 Å². The number of hydrogen-bond donors (Lipinski definition) is 1. The molecular weight excluding hydrogens is 503 g/mol. The Balaban J connectivity index is 1.41. The smallest absolute Gasteiger partial charge is 0.341 e. The standard InChI is InChI=1S/C25H23FN4O4S2/c1-3-30-20(13-34-18-11-9-17(26)10-12-18)28-29-25(30)36-15-21(31)27-23-22(24(32)33-2)19(14-35-23)16-7-5-4-6-8-16/h4-12,14H,3,13,15H2,1-2H3,(H,27,31). The Morgan fingerprint density at radius 3 is 2.56 bits per heavy atom. The molecule has 0 atom stereocenters. The number of ether oxygens (including phenoxy) is 2.